The number of nitrogens with zero attached hydrogens (tertiary/aromatic N) is 3. The second kappa shape index (κ2) is 12.2. The van der Waals surface area contributed by atoms with Crippen molar-refractivity contribution in [3.05, 3.63) is 63.6 Å². The number of amides is 1. The Kier molecular flexibility index (Phi) is 9.06. The summed E-state index contributed by atoms with van der Waals surface area (Å²) >= 11 is 12.9. The molecule has 2 aromatic carbocycles. The van der Waals surface area contributed by atoms with Crippen molar-refractivity contribution in [3.63, 3.8) is 0 Å². The van der Waals surface area contributed by atoms with Gasteiger partial charge in [0.05, 0.1) is 23.2 Å². The van der Waals surface area contributed by atoms with Crippen LogP contribution in [0.5, 0.6) is 5.75 Å². The summed E-state index contributed by atoms with van der Waals surface area (Å²) in [6, 6.07) is 13.2. The molecule has 1 amide bonds. The number of carbonyl (C=O) groups is 2. The number of benzene rings is 2. The summed E-state index contributed by atoms with van der Waals surface area (Å²) in [5.41, 5.74) is 1.16. The Balaban J connectivity index is 1.25. The van der Waals surface area contributed by atoms with E-state index in [1.165, 1.54) is 12.8 Å². The second-order valence-corrected chi connectivity index (χ2v) is 10.2. The summed E-state index contributed by atoms with van der Waals surface area (Å²) in [4.78, 5) is 31.9. The molecule has 2 aliphatic rings. The molecule has 0 aliphatic carbocycles. The molecule has 0 saturated carbocycles. The van der Waals surface area contributed by atoms with E-state index < -0.39 is 0 Å². The zero-order valence-electron chi connectivity index (χ0n) is 20.2. The number of likely N-dealkylation sites (tertiary alicyclic amines) is 1. The van der Waals surface area contributed by atoms with Crippen molar-refractivity contribution in [1.29, 1.82) is 0 Å². The molecule has 0 bridgehead atoms. The van der Waals surface area contributed by atoms with Crippen LogP contribution in [0.4, 0.5) is 0 Å². The normalized spacial score (nSPS) is 19.2. The molecule has 0 unspecified atom stereocenters. The molecule has 1 atom stereocenters. The van der Waals surface area contributed by atoms with Gasteiger partial charge in [-0.1, -0.05) is 41.4 Å². The van der Waals surface area contributed by atoms with Crippen molar-refractivity contribution in [2.75, 3.05) is 52.4 Å². The lowest BCUT2D eigenvalue weighted by atomic mass is 10.1. The van der Waals surface area contributed by atoms with Crippen molar-refractivity contribution >= 4 is 34.9 Å². The maximum Gasteiger partial charge on any atom is 0.253 e. The van der Waals surface area contributed by atoms with Crippen LogP contribution in [0.1, 0.15) is 46.9 Å². The fourth-order valence-electron chi connectivity index (χ4n) is 4.79. The molecule has 0 aromatic heterocycles. The van der Waals surface area contributed by atoms with Gasteiger partial charge < -0.3 is 14.5 Å². The lowest BCUT2D eigenvalue weighted by Gasteiger charge is -2.34. The maximum absolute atomic E-state index is 12.9. The van der Waals surface area contributed by atoms with E-state index >= 15 is 0 Å². The van der Waals surface area contributed by atoms with Crippen molar-refractivity contribution < 1.29 is 14.3 Å². The van der Waals surface area contributed by atoms with Crippen LogP contribution in [-0.2, 0) is 0 Å². The van der Waals surface area contributed by atoms with E-state index in [0.717, 1.165) is 19.5 Å². The molecule has 2 saturated heterocycles. The molecule has 8 heteroatoms. The molecule has 2 fully saturated rings. The van der Waals surface area contributed by atoms with Gasteiger partial charge in [0.1, 0.15) is 0 Å². The van der Waals surface area contributed by atoms with Crippen LogP contribution in [0.15, 0.2) is 42.5 Å². The minimum Gasteiger partial charge on any atom is -0.490 e. The predicted molar refractivity (Wildman–Crippen MR) is 140 cm³/mol. The fraction of sp³-hybridized carbons (Fsp3) is 0.481. The van der Waals surface area contributed by atoms with Gasteiger partial charge in [0.2, 0.25) is 0 Å². The molecule has 0 radical (unpaired) electrons. The Hall–Kier alpha value is -2.12. The Morgan fingerprint density at radius 1 is 0.971 bits per heavy atom. The minimum absolute atomic E-state index is 0.0284. The van der Waals surface area contributed by atoms with E-state index in [9.17, 15) is 9.59 Å². The first kappa shape index (κ1) is 26.0. The van der Waals surface area contributed by atoms with Crippen LogP contribution < -0.4 is 4.74 Å². The number of halogens is 2. The van der Waals surface area contributed by atoms with Gasteiger partial charge in [-0.2, -0.15) is 0 Å². The third kappa shape index (κ3) is 6.76. The Morgan fingerprint density at radius 3 is 2.29 bits per heavy atom. The third-order valence-corrected chi connectivity index (χ3v) is 7.46. The highest BCUT2D eigenvalue weighted by Crippen LogP contribution is 2.34. The first-order chi connectivity index (χ1) is 16.9. The summed E-state index contributed by atoms with van der Waals surface area (Å²) in [7, 11) is 0. The molecule has 35 heavy (non-hydrogen) atoms. The van der Waals surface area contributed by atoms with Crippen molar-refractivity contribution in [3.8, 4) is 5.75 Å². The van der Waals surface area contributed by atoms with Crippen molar-refractivity contribution in [2.45, 2.75) is 32.2 Å². The molecule has 2 aliphatic heterocycles. The zero-order valence-corrected chi connectivity index (χ0v) is 21.7. The number of carbonyl (C=O) groups excluding carboxylic acids is 2. The van der Waals surface area contributed by atoms with Crippen LogP contribution in [-0.4, -0.2) is 84.9 Å². The number of ether oxygens (including phenoxy) is 1. The second-order valence-electron chi connectivity index (χ2n) is 9.36. The molecule has 4 rings (SSSR count). The molecular formula is C27H33Cl2N3O3. The van der Waals surface area contributed by atoms with Crippen LogP contribution in [0.3, 0.4) is 0 Å². The van der Waals surface area contributed by atoms with Crippen LogP contribution in [0, 0.1) is 0 Å². The summed E-state index contributed by atoms with van der Waals surface area (Å²) < 4.78 is 5.87. The maximum atomic E-state index is 12.9. The zero-order chi connectivity index (χ0) is 24.8. The Labute approximate surface area is 217 Å². The third-order valence-electron chi connectivity index (χ3n) is 6.89. The first-order valence-electron chi connectivity index (χ1n) is 12.4. The highest BCUT2D eigenvalue weighted by Gasteiger charge is 2.24. The van der Waals surface area contributed by atoms with E-state index in [4.69, 9.17) is 27.9 Å². The average molecular weight is 518 g/mol. The minimum atomic E-state index is -0.0498. The average Bonchev–Trinajstić information content (AvgIpc) is 3.28. The standard InChI is InChI=1S/C27H33Cl2N3O3/c1-20-7-5-10-31(20)11-6-16-35-26-23(28)17-22(18-24(26)29)25(33)19-30-12-14-32(15-13-30)27(34)21-8-3-2-4-9-21/h2-4,8-9,17-18,20H,5-7,10-16,19H2,1H3/t20-/m1/s1. The Morgan fingerprint density at radius 2 is 1.66 bits per heavy atom. The summed E-state index contributed by atoms with van der Waals surface area (Å²) in [6.07, 6.45) is 3.42. The van der Waals surface area contributed by atoms with Gasteiger partial charge >= 0.3 is 0 Å². The molecule has 2 aromatic rings. The SMILES string of the molecule is C[C@@H]1CCCN1CCCOc1c(Cl)cc(C(=O)CN2CCN(C(=O)c3ccccc3)CC2)cc1Cl. The van der Waals surface area contributed by atoms with Gasteiger partial charge in [0.25, 0.3) is 5.91 Å². The lowest BCUT2D eigenvalue weighted by Crippen LogP contribution is -2.49. The van der Waals surface area contributed by atoms with Crippen molar-refractivity contribution in [1.82, 2.24) is 14.7 Å². The highest BCUT2D eigenvalue weighted by molar-refractivity contribution is 6.37. The van der Waals surface area contributed by atoms with Crippen LogP contribution in [0.25, 0.3) is 0 Å². The fourth-order valence-corrected chi connectivity index (χ4v) is 5.39. The number of Topliss-reactive ketones (excluding diaryl/α,β-unsaturated/α-hetero) is 1. The molecule has 188 valence electrons. The van der Waals surface area contributed by atoms with Gasteiger partial charge in [-0.3, -0.25) is 14.5 Å². The van der Waals surface area contributed by atoms with Gasteiger partial charge in [-0.05, 0) is 57.0 Å². The smallest absolute Gasteiger partial charge is 0.253 e. The largest absolute Gasteiger partial charge is 0.490 e. The van der Waals surface area contributed by atoms with Crippen LogP contribution >= 0.6 is 23.2 Å². The van der Waals surface area contributed by atoms with E-state index in [1.807, 2.05) is 35.2 Å². The summed E-state index contributed by atoms with van der Waals surface area (Å²) in [6.45, 7) is 7.66. The summed E-state index contributed by atoms with van der Waals surface area (Å²) in [5, 5.41) is 0.710. The quantitative estimate of drug-likeness (QED) is 0.350. The van der Waals surface area contributed by atoms with Crippen molar-refractivity contribution in [2.24, 2.45) is 0 Å². The number of rotatable bonds is 9. The van der Waals surface area contributed by atoms with E-state index in [1.54, 1.807) is 12.1 Å². The van der Waals surface area contributed by atoms with Gasteiger partial charge in [0.15, 0.2) is 11.5 Å². The molecule has 0 N–H and O–H groups in total. The van der Waals surface area contributed by atoms with E-state index in [0.29, 0.717) is 65.7 Å². The monoisotopic (exact) mass is 517 g/mol. The predicted octanol–water partition coefficient (Wildman–Crippen LogP) is 4.89. The molecule has 2 heterocycles. The number of piperazine rings is 1. The number of ketones is 1. The number of hydrogen-bond acceptors (Lipinski definition) is 5. The lowest BCUT2D eigenvalue weighted by molar-refractivity contribution is 0.0624. The van der Waals surface area contributed by atoms with Gasteiger partial charge in [0, 0.05) is 49.9 Å². The Bertz CT molecular complexity index is 1000. The summed E-state index contributed by atoms with van der Waals surface area (Å²) in [5.74, 6) is 0.416. The van der Waals surface area contributed by atoms with Crippen LogP contribution in [0.2, 0.25) is 10.0 Å². The molecule has 6 nitrogen and oxygen atoms in total. The molecular weight excluding hydrogens is 485 g/mol. The topological polar surface area (TPSA) is 53.1 Å². The number of hydrogen-bond donors (Lipinski definition) is 0. The first-order valence-corrected chi connectivity index (χ1v) is 13.1. The van der Waals surface area contributed by atoms with E-state index in [-0.39, 0.29) is 18.2 Å². The van der Waals surface area contributed by atoms with Gasteiger partial charge in [-0.25, -0.2) is 0 Å². The molecule has 0 spiro atoms. The van der Waals surface area contributed by atoms with Gasteiger partial charge in [-0.15, -0.1) is 0 Å². The highest BCUT2D eigenvalue weighted by atomic mass is 35.5. The van der Waals surface area contributed by atoms with E-state index in [2.05, 4.69) is 16.7 Å².